The van der Waals surface area contributed by atoms with E-state index in [-0.39, 0.29) is 6.10 Å². The Hall–Kier alpha value is -1.69. The first-order valence-electron chi connectivity index (χ1n) is 9.53. The zero-order chi connectivity index (χ0) is 17.1. The van der Waals surface area contributed by atoms with Crippen molar-refractivity contribution in [2.75, 3.05) is 26.2 Å². The third kappa shape index (κ3) is 3.94. The fourth-order valence-electron chi connectivity index (χ4n) is 4.19. The van der Waals surface area contributed by atoms with Crippen LogP contribution in [0.3, 0.4) is 0 Å². The van der Waals surface area contributed by atoms with Gasteiger partial charge in [-0.1, -0.05) is 43.2 Å². The van der Waals surface area contributed by atoms with E-state index in [0.29, 0.717) is 6.04 Å². The van der Waals surface area contributed by atoms with Gasteiger partial charge in [-0.05, 0) is 12.8 Å². The molecular formula is C20H28N4O. The van der Waals surface area contributed by atoms with Crippen molar-refractivity contribution in [3.05, 3.63) is 42.2 Å². The minimum Gasteiger partial charge on any atom is -0.391 e. The first-order valence-corrected chi connectivity index (χ1v) is 9.53. The van der Waals surface area contributed by atoms with Gasteiger partial charge >= 0.3 is 0 Å². The Kier molecular flexibility index (Phi) is 5.15. The molecule has 4 rings (SSSR count). The van der Waals surface area contributed by atoms with Crippen molar-refractivity contribution in [2.45, 2.75) is 44.4 Å². The maximum atomic E-state index is 10.3. The highest BCUT2D eigenvalue weighted by atomic mass is 16.3. The van der Waals surface area contributed by atoms with Gasteiger partial charge in [-0.3, -0.25) is 9.80 Å². The van der Waals surface area contributed by atoms with E-state index < -0.39 is 0 Å². The van der Waals surface area contributed by atoms with Gasteiger partial charge in [0.2, 0.25) is 0 Å². The molecule has 0 amide bonds. The molecule has 5 heteroatoms. The lowest BCUT2D eigenvalue weighted by molar-refractivity contribution is -0.00487. The molecule has 25 heavy (non-hydrogen) atoms. The predicted octanol–water partition coefficient (Wildman–Crippen LogP) is 2.50. The highest BCUT2D eigenvalue weighted by Gasteiger charge is 2.30. The van der Waals surface area contributed by atoms with Gasteiger partial charge in [0.15, 0.2) is 0 Å². The Labute approximate surface area is 149 Å². The second kappa shape index (κ2) is 7.68. The first kappa shape index (κ1) is 16.8. The SMILES string of the molecule is O[C@@H]1CCCC[C@H]1N1CCN(Cc2cnc(-c3ccccc3)[nH]2)CC1. The molecule has 0 radical (unpaired) electrons. The summed E-state index contributed by atoms with van der Waals surface area (Å²) < 4.78 is 0. The van der Waals surface area contributed by atoms with Crippen LogP contribution >= 0.6 is 0 Å². The van der Waals surface area contributed by atoms with E-state index >= 15 is 0 Å². The lowest BCUT2D eigenvalue weighted by Gasteiger charge is -2.42. The number of hydrogen-bond donors (Lipinski definition) is 2. The molecular weight excluding hydrogens is 312 g/mol. The van der Waals surface area contributed by atoms with E-state index in [1.807, 2.05) is 24.4 Å². The largest absolute Gasteiger partial charge is 0.391 e. The van der Waals surface area contributed by atoms with Gasteiger partial charge in [-0.15, -0.1) is 0 Å². The smallest absolute Gasteiger partial charge is 0.137 e. The van der Waals surface area contributed by atoms with Crippen LogP contribution in [-0.4, -0.2) is 63.2 Å². The van der Waals surface area contributed by atoms with Crippen LogP contribution in [0.15, 0.2) is 36.5 Å². The Morgan fingerprint density at radius 3 is 2.56 bits per heavy atom. The number of hydrogen-bond acceptors (Lipinski definition) is 4. The van der Waals surface area contributed by atoms with Crippen molar-refractivity contribution in [1.29, 1.82) is 0 Å². The molecule has 2 N–H and O–H groups in total. The lowest BCUT2D eigenvalue weighted by atomic mass is 9.91. The minimum absolute atomic E-state index is 0.124. The summed E-state index contributed by atoms with van der Waals surface area (Å²) in [6.45, 7) is 5.15. The van der Waals surface area contributed by atoms with Crippen LogP contribution in [0, 0.1) is 0 Å². The second-order valence-electron chi connectivity index (χ2n) is 7.35. The highest BCUT2D eigenvalue weighted by molar-refractivity contribution is 5.54. The van der Waals surface area contributed by atoms with E-state index in [9.17, 15) is 5.11 Å². The standard InChI is InChI=1S/C20H28N4O/c25-19-9-5-4-8-18(19)24-12-10-23(11-13-24)15-17-14-21-20(22-17)16-6-2-1-3-7-16/h1-3,6-7,14,18-19,25H,4-5,8-13,15H2,(H,21,22)/t18-,19-/m1/s1. The number of piperazine rings is 1. The van der Waals surface area contributed by atoms with Crippen molar-refractivity contribution in [3.63, 3.8) is 0 Å². The summed E-state index contributed by atoms with van der Waals surface area (Å²) in [6.07, 6.45) is 6.41. The summed E-state index contributed by atoms with van der Waals surface area (Å²) in [7, 11) is 0. The Bertz CT molecular complexity index is 663. The topological polar surface area (TPSA) is 55.4 Å². The molecule has 2 aliphatic rings. The number of aromatic amines is 1. The van der Waals surface area contributed by atoms with Crippen LogP contribution in [-0.2, 0) is 6.54 Å². The van der Waals surface area contributed by atoms with Gasteiger partial charge in [0.25, 0.3) is 0 Å². The van der Waals surface area contributed by atoms with E-state index in [1.165, 1.54) is 18.5 Å². The van der Waals surface area contributed by atoms with E-state index in [0.717, 1.165) is 57.0 Å². The number of aliphatic hydroxyl groups excluding tert-OH is 1. The quantitative estimate of drug-likeness (QED) is 0.898. The molecule has 1 aromatic carbocycles. The molecule has 1 aliphatic carbocycles. The summed E-state index contributed by atoms with van der Waals surface area (Å²) in [6, 6.07) is 10.6. The van der Waals surface area contributed by atoms with Crippen LogP contribution in [0.1, 0.15) is 31.4 Å². The number of benzene rings is 1. The van der Waals surface area contributed by atoms with E-state index in [1.54, 1.807) is 0 Å². The second-order valence-corrected chi connectivity index (χ2v) is 7.35. The third-order valence-corrected chi connectivity index (χ3v) is 5.64. The molecule has 0 bridgehead atoms. The normalized spacial score (nSPS) is 26.0. The maximum absolute atomic E-state index is 10.3. The van der Waals surface area contributed by atoms with Gasteiger partial charge < -0.3 is 10.1 Å². The molecule has 1 aliphatic heterocycles. The summed E-state index contributed by atoms with van der Waals surface area (Å²) in [4.78, 5) is 13.0. The Balaban J connectivity index is 1.31. The molecule has 2 heterocycles. The lowest BCUT2D eigenvalue weighted by Crippen LogP contribution is -2.54. The minimum atomic E-state index is -0.124. The van der Waals surface area contributed by atoms with Crippen LogP contribution in [0.2, 0.25) is 0 Å². The summed E-state index contributed by atoms with van der Waals surface area (Å²) in [5, 5.41) is 10.3. The van der Waals surface area contributed by atoms with Crippen molar-refractivity contribution in [3.8, 4) is 11.4 Å². The zero-order valence-electron chi connectivity index (χ0n) is 14.8. The molecule has 1 saturated heterocycles. The van der Waals surface area contributed by atoms with Crippen LogP contribution in [0.4, 0.5) is 0 Å². The van der Waals surface area contributed by atoms with Crippen LogP contribution < -0.4 is 0 Å². The van der Waals surface area contributed by atoms with Gasteiger partial charge in [0.05, 0.1) is 6.10 Å². The molecule has 0 spiro atoms. The molecule has 5 nitrogen and oxygen atoms in total. The summed E-state index contributed by atoms with van der Waals surface area (Å²) in [5.41, 5.74) is 2.30. The average Bonchev–Trinajstić information content (AvgIpc) is 3.12. The number of aliphatic hydroxyl groups is 1. The van der Waals surface area contributed by atoms with Crippen molar-refractivity contribution >= 4 is 0 Å². The average molecular weight is 340 g/mol. The molecule has 134 valence electrons. The van der Waals surface area contributed by atoms with Crippen molar-refractivity contribution in [1.82, 2.24) is 19.8 Å². The molecule has 0 unspecified atom stereocenters. The van der Waals surface area contributed by atoms with Crippen LogP contribution in [0.25, 0.3) is 11.4 Å². The molecule has 1 saturated carbocycles. The number of aromatic nitrogens is 2. The first-order chi connectivity index (χ1) is 12.3. The Morgan fingerprint density at radius 1 is 1.04 bits per heavy atom. The van der Waals surface area contributed by atoms with Gasteiger partial charge in [0.1, 0.15) is 5.82 Å². The number of nitrogens with one attached hydrogen (secondary N) is 1. The highest BCUT2D eigenvalue weighted by Crippen LogP contribution is 2.24. The van der Waals surface area contributed by atoms with Crippen molar-refractivity contribution < 1.29 is 5.11 Å². The van der Waals surface area contributed by atoms with E-state index in [2.05, 4.69) is 31.9 Å². The predicted molar refractivity (Wildman–Crippen MR) is 99.1 cm³/mol. The number of imidazole rings is 1. The third-order valence-electron chi connectivity index (χ3n) is 5.64. The zero-order valence-corrected chi connectivity index (χ0v) is 14.8. The summed E-state index contributed by atoms with van der Waals surface area (Å²) >= 11 is 0. The molecule has 1 aromatic heterocycles. The molecule has 2 fully saturated rings. The molecule has 2 aromatic rings. The maximum Gasteiger partial charge on any atom is 0.137 e. The fraction of sp³-hybridized carbons (Fsp3) is 0.550. The number of rotatable bonds is 4. The molecule has 2 atom stereocenters. The van der Waals surface area contributed by atoms with Crippen molar-refractivity contribution in [2.24, 2.45) is 0 Å². The number of H-pyrrole nitrogens is 1. The number of nitrogens with zero attached hydrogens (tertiary/aromatic N) is 3. The van der Waals surface area contributed by atoms with E-state index in [4.69, 9.17) is 0 Å². The Morgan fingerprint density at radius 2 is 1.80 bits per heavy atom. The van der Waals surface area contributed by atoms with Gasteiger partial charge in [-0.2, -0.15) is 0 Å². The monoisotopic (exact) mass is 340 g/mol. The van der Waals surface area contributed by atoms with Gasteiger partial charge in [0, 0.05) is 56.2 Å². The fourth-order valence-corrected chi connectivity index (χ4v) is 4.19. The van der Waals surface area contributed by atoms with Gasteiger partial charge in [-0.25, -0.2) is 4.98 Å². The summed E-state index contributed by atoms with van der Waals surface area (Å²) in [5.74, 6) is 0.944. The van der Waals surface area contributed by atoms with Crippen LogP contribution in [0.5, 0.6) is 0 Å².